The van der Waals surface area contributed by atoms with Crippen molar-refractivity contribution in [2.24, 2.45) is 0 Å². The summed E-state index contributed by atoms with van der Waals surface area (Å²) >= 11 is 0. The van der Waals surface area contributed by atoms with Crippen molar-refractivity contribution >= 4 is 5.57 Å². The topological polar surface area (TPSA) is 72.5 Å². The van der Waals surface area contributed by atoms with Gasteiger partial charge in [-0.3, -0.25) is 9.69 Å². The summed E-state index contributed by atoms with van der Waals surface area (Å²) in [5, 5.41) is 11.3. The highest BCUT2D eigenvalue weighted by Gasteiger charge is 2.38. The minimum atomic E-state index is -4.49. The van der Waals surface area contributed by atoms with Gasteiger partial charge >= 0.3 is 6.18 Å². The minimum Gasteiger partial charge on any atom is -0.483 e. The molecule has 0 spiro atoms. The Bertz CT molecular complexity index is 1420. The van der Waals surface area contributed by atoms with Crippen molar-refractivity contribution in [3.05, 3.63) is 81.8 Å². The molecule has 2 aliphatic rings. The number of halogens is 3. The molecule has 1 N–H and O–H groups in total. The summed E-state index contributed by atoms with van der Waals surface area (Å²) in [6.07, 6.45) is -0.491. The van der Waals surface area contributed by atoms with E-state index in [1.807, 2.05) is 27.7 Å². The number of aliphatic hydroxyl groups is 1. The van der Waals surface area contributed by atoms with Crippen LogP contribution in [0.2, 0.25) is 0 Å². The van der Waals surface area contributed by atoms with Crippen LogP contribution in [0.15, 0.2) is 53.7 Å². The predicted molar refractivity (Wildman–Crippen MR) is 128 cm³/mol. The van der Waals surface area contributed by atoms with Gasteiger partial charge in [0, 0.05) is 30.9 Å². The number of nitrogens with zero attached hydrogens (tertiary/aromatic N) is 4. The fraction of sp³-hybridized carbons (Fsp3) is 0.385. The molecular formula is C26H27F3N4O3. The number of imidazole rings is 1. The molecule has 0 fully saturated rings. The predicted octanol–water partition coefficient (Wildman–Crippen LogP) is 4.31. The van der Waals surface area contributed by atoms with Crippen LogP contribution in [-0.4, -0.2) is 42.3 Å². The van der Waals surface area contributed by atoms with E-state index in [0.29, 0.717) is 41.4 Å². The van der Waals surface area contributed by atoms with Gasteiger partial charge in [0.15, 0.2) is 0 Å². The summed E-state index contributed by atoms with van der Waals surface area (Å²) in [6.45, 7) is 7.99. The third-order valence-corrected chi connectivity index (χ3v) is 6.78. The summed E-state index contributed by atoms with van der Waals surface area (Å²) in [4.78, 5) is 19.1. The normalized spacial score (nSPS) is 20.2. The van der Waals surface area contributed by atoms with Gasteiger partial charge < -0.3 is 19.0 Å². The molecule has 0 bridgehead atoms. The van der Waals surface area contributed by atoms with Crippen LogP contribution in [0.25, 0.3) is 11.3 Å². The Kier molecular flexibility index (Phi) is 5.64. The third-order valence-electron chi connectivity index (χ3n) is 6.78. The van der Waals surface area contributed by atoms with Crippen LogP contribution >= 0.6 is 0 Å². The molecule has 0 saturated heterocycles. The molecule has 0 amide bonds. The number of fused-ring (bicyclic) bond motifs is 2. The summed E-state index contributed by atoms with van der Waals surface area (Å²) in [5.74, 6) is 0.362. The molecular weight excluding hydrogens is 473 g/mol. The molecule has 2 aromatic heterocycles. The Balaban J connectivity index is 1.51. The molecule has 36 heavy (non-hydrogen) atoms. The number of aryl methyl sites for hydroxylation is 1. The first-order valence-electron chi connectivity index (χ1n) is 11.7. The van der Waals surface area contributed by atoms with E-state index in [0.717, 1.165) is 17.8 Å². The molecule has 7 nitrogen and oxygen atoms in total. The zero-order valence-electron chi connectivity index (χ0n) is 20.4. The second kappa shape index (κ2) is 8.35. The van der Waals surface area contributed by atoms with Crippen LogP contribution in [0.3, 0.4) is 0 Å². The molecule has 190 valence electrons. The third kappa shape index (κ3) is 4.14. The van der Waals surface area contributed by atoms with Gasteiger partial charge in [-0.2, -0.15) is 13.2 Å². The van der Waals surface area contributed by atoms with Crippen molar-refractivity contribution in [1.29, 1.82) is 0 Å². The van der Waals surface area contributed by atoms with Crippen molar-refractivity contribution in [1.82, 2.24) is 19.0 Å². The number of pyridine rings is 1. The first-order valence-corrected chi connectivity index (χ1v) is 11.7. The summed E-state index contributed by atoms with van der Waals surface area (Å²) in [7, 11) is 0. The van der Waals surface area contributed by atoms with Gasteiger partial charge in [0.2, 0.25) is 0 Å². The Morgan fingerprint density at radius 3 is 2.61 bits per heavy atom. The number of rotatable bonds is 3. The van der Waals surface area contributed by atoms with Gasteiger partial charge in [0.05, 0.1) is 23.3 Å². The van der Waals surface area contributed by atoms with Crippen LogP contribution < -0.4 is 10.3 Å². The van der Waals surface area contributed by atoms with Gasteiger partial charge in [-0.05, 0) is 69.7 Å². The van der Waals surface area contributed by atoms with Crippen molar-refractivity contribution in [3.63, 3.8) is 0 Å². The van der Waals surface area contributed by atoms with E-state index in [4.69, 9.17) is 4.74 Å². The largest absolute Gasteiger partial charge is 0.483 e. The Hall–Kier alpha value is -3.37. The fourth-order valence-corrected chi connectivity index (χ4v) is 5.01. The van der Waals surface area contributed by atoms with Gasteiger partial charge in [-0.15, -0.1) is 0 Å². The number of benzene rings is 1. The van der Waals surface area contributed by atoms with E-state index in [2.05, 4.69) is 4.98 Å². The van der Waals surface area contributed by atoms with Crippen molar-refractivity contribution < 1.29 is 23.0 Å². The highest BCUT2D eigenvalue weighted by atomic mass is 19.4. The van der Waals surface area contributed by atoms with Crippen LogP contribution in [-0.2, 0) is 12.7 Å². The van der Waals surface area contributed by atoms with E-state index in [1.54, 1.807) is 40.2 Å². The lowest BCUT2D eigenvalue weighted by Crippen LogP contribution is -2.47. The molecule has 1 aromatic carbocycles. The number of alkyl halides is 3. The van der Waals surface area contributed by atoms with E-state index in [1.165, 1.54) is 10.6 Å². The fourth-order valence-electron chi connectivity index (χ4n) is 5.01. The lowest BCUT2D eigenvalue weighted by atomic mass is 9.88. The number of ether oxygens (including phenoxy) is 1. The zero-order valence-corrected chi connectivity index (χ0v) is 20.4. The summed E-state index contributed by atoms with van der Waals surface area (Å²) in [6, 6.07) is 6.36. The molecule has 2 aliphatic heterocycles. The van der Waals surface area contributed by atoms with Crippen LogP contribution in [0.1, 0.15) is 49.5 Å². The zero-order chi connectivity index (χ0) is 26.0. The highest BCUT2D eigenvalue weighted by molar-refractivity contribution is 5.77. The van der Waals surface area contributed by atoms with E-state index in [9.17, 15) is 23.1 Å². The summed E-state index contributed by atoms with van der Waals surface area (Å²) in [5.41, 5.74) is 0.849. The average Bonchev–Trinajstić information content (AvgIpc) is 3.23. The molecule has 4 heterocycles. The van der Waals surface area contributed by atoms with E-state index >= 15 is 0 Å². The van der Waals surface area contributed by atoms with Crippen LogP contribution in [0.4, 0.5) is 13.2 Å². The lowest BCUT2D eigenvalue weighted by molar-refractivity contribution is -0.137. The first kappa shape index (κ1) is 24.3. The standard InChI is InChI=1S/C26H27F3N4O3/c1-15-13-31(14-30-15)20-6-7-21-24(35)32(9-10-33(21)23(20)34)16(2)19-12-25(3,4)36-22-8-5-17(11-18(19)22)26(27,28)29/h5-8,11-14,16,24,35H,9-10H2,1-4H3/t16-,24?/m1/s1. The van der Waals surface area contributed by atoms with Gasteiger partial charge in [-0.25, -0.2) is 4.98 Å². The molecule has 0 radical (unpaired) electrons. The van der Waals surface area contributed by atoms with Crippen molar-refractivity contribution in [2.45, 2.75) is 58.3 Å². The molecule has 2 atom stereocenters. The van der Waals surface area contributed by atoms with Gasteiger partial charge in [0.25, 0.3) is 5.56 Å². The smallest absolute Gasteiger partial charge is 0.416 e. The first-order chi connectivity index (χ1) is 16.9. The Morgan fingerprint density at radius 1 is 1.19 bits per heavy atom. The number of aliphatic hydroxyl groups excluding tert-OH is 1. The maximum atomic E-state index is 13.5. The minimum absolute atomic E-state index is 0.247. The van der Waals surface area contributed by atoms with Gasteiger partial charge in [-0.1, -0.05) is 0 Å². The molecule has 0 saturated carbocycles. The number of hydrogen-bond donors (Lipinski definition) is 1. The molecule has 5 rings (SSSR count). The van der Waals surface area contributed by atoms with Crippen LogP contribution in [0, 0.1) is 6.92 Å². The Morgan fingerprint density at radius 2 is 1.94 bits per heavy atom. The van der Waals surface area contributed by atoms with Crippen molar-refractivity contribution in [2.75, 3.05) is 6.54 Å². The lowest BCUT2D eigenvalue weighted by Gasteiger charge is -2.42. The van der Waals surface area contributed by atoms with E-state index < -0.39 is 29.6 Å². The van der Waals surface area contributed by atoms with Gasteiger partial charge in [0.1, 0.15) is 23.3 Å². The monoisotopic (exact) mass is 500 g/mol. The van der Waals surface area contributed by atoms with E-state index in [-0.39, 0.29) is 5.56 Å². The molecule has 1 unspecified atom stereocenters. The second-order valence-corrected chi connectivity index (χ2v) is 9.82. The number of aromatic nitrogens is 3. The maximum absolute atomic E-state index is 13.5. The maximum Gasteiger partial charge on any atom is 0.416 e. The Labute approximate surface area is 206 Å². The SMILES string of the molecule is Cc1cn(-c2ccc3n(c2=O)CCN([C@H](C)C2=CC(C)(C)Oc4ccc(C(F)(F)F)cc42)C3O)cn1. The second-order valence-electron chi connectivity index (χ2n) is 9.82. The molecule has 10 heteroatoms. The van der Waals surface area contributed by atoms with Crippen molar-refractivity contribution in [3.8, 4) is 11.4 Å². The average molecular weight is 501 g/mol. The number of hydrogen-bond acceptors (Lipinski definition) is 5. The highest BCUT2D eigenvalue weighted by Crippen LogP contribution is 2.43. The quantitative estimate of drug-likeness (QED) is 0.580. The van der Waals surface area contributed by atoms with Crippen LogP contribution in [0.5, 0.6) is 5.75 Å². The molecule has 3 aromatic rings. The summed E-state index contributed by atoms with van der Waals surface area (Å²) < 4.78 is 49.5. The molecule has 0 aliphatic carbocycles.